The molecule has 2 N–H and O–H groups in total. The predicted molar refractivity (Wildman–Crippen MR) is 101 cm³/mol. The van der Waals surface area contributed by atoms with Gasteiger partial charge in [-0.15, -0.1) is 21.5 Å². The number of halogens is 1. The molecule has 3 rings (SSSR count). The highest BCUT2D eigenvalue weighted by atomic mass is 32.1. The summed E-state index contributed by atoms with van der Waals surface area (Å²) in [6, 6.07) is 9.97. The number of aromatic nitrogens is 2. The van der Waals surface area contributed by atoms with Gasteiger partial charge >= 0.3 is 0 Å². The second-order valence-corrected chi connectivity index (χ2v) is 7.18. The van der Waals surface area contributed by atoms with Crippen molar-refractivity contribution < 1.29 is 18.5 Å². The summed E-state index contributed by atoms with van der Waals surface area (Å²) in [6.45, 7) is 4.07. The van der Waals surface area contributed by atoms with Crippen molar-refractivity contribution in [3.63, 3.8) is 0 Å². The fraction of sp³-hybridized carbons (Fsp3) is 0.316. The van der Waals surface area contributed by atoms with Crippen molar-refractivity contribution in [3.8, 4) is 10.8 Å². The Labute approximate surface area is 161 Å². The van der Waals surface area contributed by atoms with Gasteiger partial charge in [0, 0.05) is 6.54 Å². The van der Waals surface area contributed by atoms with Crippen molar-refractivity contribution in [3.05, 3.63) is 59.0 Å². The normalized spacial score (nSPS) is 12.1. The van der Waals surface area contributed by atoms with Gasteiger partial charge in [-0.1, -0.05) is 25.1 Å². The Balaban J connectivity index is 1.53. The lowest BCUT2D eigenvalue weighted by Gasteiger charge is -2.16. The molecule has 0 spiro atoms. The lowest BCUT2D eigenvalue weighted by atomic mass is 10.2. The first-order chi connectivity index (χ1) is 13.1. The molecule has 0 aliphatic rings. The number of rotatable bonds is 9. The van der Waals surface area contributed by atoms with Crippen LogP contribution in [0.2, 0.25) is 0 Å². The van der Waals surface area contributed by atoms with Crippen LogP contribution in [0.25, 0.3) is 10.8 Å². The van der Waals surface area contributed by atoms with Crippen LogP contribution in [0.3, 0.4) is 0 Å². The predicted octanol–water partition coefficient (Wildman–Crippen LogP) is 2.05. The Bertz CT molecular complexity index is 849. The Morgan fingerprint density at radius 1 is 1.26 bits per heavy atom. The zero-order valence-corrected chi connectivity index (χ0v) is 15.9. The molecule has 8 heteroatoms. The van der Waals surface area contributed by atoms with E-state index in [1.807, 2.05) is 17.5 Å². The summed E-state index contributed by atoms with van der Waals surface area (Å²) in [4.78, 5) is 14.3. The van der Waals surface area contributed by atoms with Crippen LogP contribution >= 0.6 is 11.3 Å². The summed E-state index contributed by atoms with van der Waals surface area (Å²) >= 11 is 1.54. The van der Waals surface area contributed by atoms with Gasteiger partial charge in [-0.25, -0.2) is 4.39 Å². The standard InChI is InChI=1S/C19H21FN4O2S/c1-2-9-24(12-17(25)21-11-14-5-7-15(20)8-6-14)13-18-22-23-19(26-18)16-4-3-10-27-16/h3-8,10H,2,9,11-13H2,1H3,(H,21,25)/p+1. The third-order valence-corrected chi connectivity index (χ3v) is 4.87. The molecule has 0 aliphatic heterocycles. The number of quaternary nitrogens is 1. The first-order valence-electron chi connectivity index (χ1n) is 8.85. The molecule has 3 aromatic rings. The third kappa shape index (κ3) is 5.70. The molecule has 27 heavy (non-hydrogen) atoms. The van der Waals surface area contributed by atoms with Gasteiger partial charge in [0.15, 0.2) is 13.1 Å². The lowest BCUT2D eigenvalue weighted by Crippen LogP contribution is -3.12. The van der Waals surface area contributed by atoms with Crippen LogP contribution in [0.1, 0.15) is 24.8 Å². The maximum Gasteiger partial charge on any atom is 0.275 e. The minimum Gasteiger partial charge on any atom is -0.414 e. The van der Waals surface area contributed by atoms with Gasteiger partial charge in [0.1, 0.15) is 5.82 Å². The van der Waals surface area contributed by atoms with Gasteiger partial charge in [-0.2, -0.15) is 0 Å². The molecule has 0 fully saturated rings. The van der Waals surface area contributed by atoms with Gasteiger partial charge in [-0.3, -0.25) is 4.79 Å². The van der Waals surface area contributed by atoms with Gasteiger partial charge in [0.2, 0.25) is 0 Å². The average molecular weight is 389 g/mol. The second-order valence-electron chi connectivity index (χ2n) is 6.24. The molecule has 6 nitrogen and oxygen atoms in total. The van der Waals surface area contributed by atoms with Crippen LogP contribution in [0, 0.1) is 5.82 Å². The summed E-state index contributed by atoms with van der Waals surface area (Å²) in [5.41, 5.74) is 0.860. The number of nitrogens with zero attached hydrogens (tertiary/aromatic N) is 2. The van der Waals surface area contributed by atoms with Crippen LogP contribution in [0.5, 0.6) is 0 Å². The van der Waals surface area contributed by atoms with Gasteiger partial charge < -0.3 is 14.6 Å². The molecule has 2 heterocycles. The molecule has 1 unspecified atom stereocenters. The van der Waals surface area contributed by atoms with Crippen molar-refractivity contribution in [2.45, 2.75) is 26.4 Å². The number of carbonyl (C=O) groups is 1. The van der Waals surface area contributed by atoms with Crippen LogP contribution in [0.15, 0.2) is 46.2 Å². The van der Waals surface area contributed by atoms with E-state index in [1.54, 1.807) is 23.5 Å². The SMILES string of the molecule is CCC[NH+](CC(=O)NCc1ccc(F)cc1)Cc1nnc(-c2cccs2)o1. The Morgan fingerprint density at radius 2 is 2.07 bits per heavy atom. The summed E-state index contributed by atoms with van der Waals surface area (Å²) in [6.07, 6.45) is 0.937. The second kappa shape index (κ2) is 9.38. The fourth-order valence-corrected chi connectivity index (χ4v) is 3.37. The molecular formula is C19H22FN4O2S+. The quantitative estimate of drug-likeness (QED) is 0.588. The highest BCUT2D eigenvalue weighted by Gasteiger charge is 2.18. The minimum atomic E-state index is -0.287. The number of hydrogen-bond donors (Lipinski definition) is 2. The van der Waals surface area contributed by atoms with Gasteiger partial charge in [0.25, 0.3) is 17.7 Å². The number of amides is 1. The van der Waals surface area contributed by atoms with Gasteiger partial charge in [-0.05, 0) is 35.6 Å². The van der Waals surface area contributed by atoms with E-state index in [4.69, 9.17) is 4.42 Å². The topological polar surface area (TPSA) is 72.5 Å². The van der Waals surface area contributed by atoms with E-state index >= 15 is 0 Å². The number of benzene rings is 1. The monoisotopic (exact) mass is 389 g/mol. The molecule has 1 atom stereocenters. The molecule has 0 saturated heterocycles. The number of hydrogen-bond acceptors (Lipinski definition) is 5. The van der Waals surface area contributed by atoms with E-state index in [2.05, 4.69) is 22.4 Å². The summed E-state index contributed by atoms with van der Waals surface area (Å²) in [5, 5.41) is 13.0. The highest BCUT2D eigenvalue weighted by Crippen LogP contribution is 2.22. The number of carbonyl (C=O) groups excluding carboxylic acids is 1. The van der Waals surface area contributed by atoms with E-state index < -0.39 is 0 Å². The third-order valence-electron chi connectivity index (χ3n) is 4.02. The van der Waals surface area contributed by atoms with Gasteiger partial charge in [0.05, 0.1) is 11.4 Å². The van der Waals surface area contributed by atoms with E-state index in [9.17, 15) is 9.18 Å². The smallest absolute Gasteiger partial charge is 0.275 e. The fourth-order valence-electron chi connectivity index (χ4n) is 2.72. The van der Waals surface area contributed by atoms with E-state index in [0.717, 1.165) is 28.3 Å². The van der Waals surface area contributed by atoms with Crippen molar-refractivity contribution in [1.29, 1.82) is 0 Å². The summed E-state index contributed by atoms with van der Waals surface area (Å²) < 4.78 is 18.7. The maximum atomic E-state index is 12.9. The van der Waals surface area contributed by atoms with E-state index in [0.29, 0.717) is 31.4 Å². The molecular weight excluding hydrogens is 367 g/mol. The Morgan fingerprint density at radius 3 is 2.78 bits per heavy atom. The molecule has 0 radical (unpaired) electrons. The highest BCUT2D eigenvalue weighted by molar-refractivity contribution is 7.13. The van der Waals surface area contributed by atoms with E-state index in [1.165, 1.54) is 12.1 Å². The zero-order chi connectivity index (χ0) is 19.1. The molecule has 1 amide bonds. The largest absolute Gasteiger partial charge is 0.414 e. The van der Waals surface area contributed by atoms with Crippen molar-refractivity contribution in [2.24, 2.45) is 0 Å². The summed E-state index contributed by atoms with van der Waals surface area (Å²) in [5.74, 6) is 0.677. The average Bonchev–Trinajstić information content (AvgIpc) is 3.33. The van der Waals surface area contributed by atoms with Crippen molar-refractivity contribution >= 4 is 17.2 Å². The molecule has 142 valence electrons. The number of nitrogens with one attached hydrogen (secondary N) is 2. The maximum absolute atomic E-state index is 12.9. The van der Waals surface area contributed by atoms with Crippen LogP contribution in [-0.2, 0) is 17.9 Å². The van der Waals surface area contributed by atoms with Crippen molar-refractivity contribution in [1.82, 2.24) is 15.5 Å². The first kappa shape index (κ1) is 19.2. The molecule has 0 aliphatic carbocycles. The van der Waals surface area contributed by atoms with E-state index in [-0.39, 0.29) is 11.7 Å². The lowest BCUT2D eigenvalue weighted by molar-refractivity contribution is -0.907. The van der Waals surface area contributed by atoms with Crippen molar-refractivity contribution in [2.75, 3.05) is 13.1 Å². The Hall–Kier alpha value is -2.58. The van der Waals surface area contributed by atoms with Crippen LogP contribution in [0.4, 0.5) is 4.39 Å². The molecule has 2 aromatic heterocycles. The summed E-state index contributed by atoms with van der Waals surface area (Å²) in [7, 11) is 0. The minimum absolute atomic E-state index is 0.0687. The van der Waals surface area contributed by atoms with Crippen LogP contribution < -0.4 is 10.2 Å². The Kier molecular flexibility index (Phi) is 6.67. The zero-order valence-electron chi connectivity index (χ0n) is 15.1. The molecule has 1 aromatic carbocycles. The number of thiophene rings is 1. The first-order valence-corrected chi connectivity index (χ1v) is 9.73. The van der Waals surface area contributed by atoms with Crippen LogP contribution in [-0.4, -0.2) is 29.2 Å². The molecule has 0 bridgehead atoms. The molecule has 0 saturated carbocycles.